The molecule has 17 heavy (non-hydrogen) atoms. The molecular weight excluding hydrogens is 278 g/mol. The highest BCUT2D eigenvalue weighted by atomic mass is 79.9. The molecule has 2 nitrogen and oxygen atoms in total. The maximum Gasteiger partial charge on any atom is 0.180 e. The summed E-state index contributed by atoms with van der Waals surface area (Å²) in [5.74, 6) is 0.0537. The van der Waals surface area contributed by atoms with Crippen LogP contribution in [0, 0.1) is 6.92 Å². The van der Waals surface area contributed by atoms with Crippen molar-refractivity contribution >= 4 is 21.7 Å². The monoisotopic (exact) mass is 289 g/mol. The summed E-state index contributed by atoms with van der Waals surface area (Å²) in [7, 11) is 0. The molecular formula is C14H12BrNO. The molecule has 3 heteroatoms. The largest absolute Gasteiger partial charge is 0.293 e. The van der Waals surface area contributed by atoms with E-state index in [9.17, 15) is 4.79 Å². The molecule has 86 valence electrons. The van der Waals surface area contributed by atoms with Crippen LogP contribution in [-0.4, -0.2) is 10.8 Å². The second-order valence-electron chi connectivity index (χ2n) is 3.89. The number of pyridine rings is 1. The lowest BCUT2D eigenvalue weighted by Crippen LogP contribution is -2.07. The number of alkyl halides is 1. The van der Waals surface area contributed by atoms with Gasteiger partial charge in [0.25, 0.3) is 0 Å². The summed E-state index contributed by atoms with van der Waals surface area (Å²) in [6, 6.07) is 11.2. The van der Waals surface area contributed by atoms with Crippen molar-refractivity contribution in [3.63, 3.8) is 0 Å². The van der Waals surface area contributed by atoms with Gasteiger partial charge in [0, 0.05) is 18.0 Å². The normalized spacial score (nSPS) is 12.1. The van der Waals surface area contributed by atoms with E-state index < -0.39 is 0 Å². The number of carbonyl (C=O) groups is 1. The summed E-state index contributed by atoms with van der Waals surface area (Å²) < 4.78 is 0. The molecule has 1 atom stereocenters. The van der Waals surface area contributed by atoms with E-state index in [4.69, 9.17) is 0 Å². The number of hydrogen-bond donors (Lipinski definition) is 0. The maximum absolute atomic E-state index is 12.2. The fourth-order valence-corrected chi connectivity index (χ4v) is 2.13. The van der Waals surface area contributed by atoms with Gasteiger partial charge in [0.15, 0.2) is 5.78 Å². The van der Waals surface area contributed by atoms with E-state index in [1.54, 1.807) is 12.4 Å². The van der Waals surface area contributed by atoms with Crippen LogP contribution in [-0.2, 0) is 0 Å². The average molecular weight is 290 g/mol. The summed E-state index contributed by atoms with van der Waals surface area (Å²) >= 11 is 3.43. The van der Waals surface area contributed by atoms with E-state index in [0.717, 1.165) is 11.1 Å². The van der Waals surface area contributed by atoms with Crippen molar-refractivity contribution in [2.75, 3.05) is 0 Å². The van der Waals surface area contributed by atoms with Crippen LogP contribution < -0.4 is 0 Å². The van der Waals surface area contributed by atoms with Crippen LogP contribution >= 0.6 is 15.9 Å². The zero-order valence-corrected chi connectivity index (χ0v) is 11.0. The number of benzene rings is 1. The minimum Gasteiger partial charge on any atom is -0.293 e. The maximum atomic E-state index is 12.2. The Hall–Kier alpha value is -1.48. The molecule has 0 N–H and O–H groups in total. The number of Topliss-reactive ketones (excluding diaryl/α,β-unsaturated/α-hetero) is 1. The number of hydrogen-bond acceptors (Lipinski definition) is 2. The zero-order valence-electron chi connectivity index (χ0n) is 9.43. The summed E-state index contributed by atoms with van der Waals surface area (Å²) in [6.45, 7) is 1.96. The standard InChI is InChI=1S/C14H12BrNO/c1-10-7-12(9-16-8-10)13(15)14(17)11-5-3-2-4-6-11/h2-9,13H,1H3. The van der Waals surface area contributed by atoms with Gasteiger partial charge in [-0.05, 0) is 18.1 Å². The molecule has 1 unspecified atom stereocenters. The SMILES string of the molecule is Cc1cncc(C(Br)C(=O)c2ccccc2)c1. The van der Waals surface area contributed by atoms with Gasteiger partial charge >= 0.3 is 0 Å². The number of ketones is 1. The Labute approximate surface area is 109 Å². The highest BCUT2D eigenvalue weighted by molar-refractivity contribution is 9.09. The van der Waals surface area contributed by atoms with Crippen molar-refractivity contribution in [1.29, 1.82) is 0 Å². The Bertz CT molecular complexity index is 525. The fraction of sp³-hybridized carbons (Fsp3) is 0.143. The third-order valence-corrected chi connectivity index (χ3v) is 3.42. The fourth-order valence-electron chi connectivity index (χ4n) is 1.62. The molecule has 0 amide bonds. The van der Waals surface area contributed by atoms with Gasteiger partial charge in [0.1, 0.15) is 4.83 Å². The lowest BCUT2D eigenvalue weighted by molar-refractivity contribution is 0.0991. The molecule has 1 aromatic heterocycles. The van der Waals surface area contributed by atoms with Crippen LogP contribution in [0.5, 0.6) is 0 Å². The molecule has 0 aliphatic rings. The van der Waals surface area contributed by atoms with Crippen molar-refractivity contribution < 1.29 is 4.79 Å². The number of nitrogens with zero attached hydrogens (tertiary/aromatic N) is 1. The topological polar surface area (TPSA) is 30.0 Å². The number of carbonyl (C=O) groups excluding carboxylic acids is 1. The van der Waals surface area contributed by atoms with E-state index in [1.807, 2.05) is 43.3 Å². The van der Waals surface area contributed by atoms with Crippen LogP contribution in [0.1, 0.15) is 26.3 Å². The van der Waals surface area contributed by atoms with Gasteiger partial charge in [-0.1, -0.05) is 52.3 Å². The first kappa shape index (κ1) is 12.0. The number of halogens is 1. The predicted molar refractivity (Wildman–Crippen MR) is 71.4 cm³/mol. The molecule has 0 bridgehead atoms. The van der Waals surface area contributed by atoms with Gasteiger partial charge in [0.05, 0.1) is 0 Å². The van der Waals surface area contributed by atoms with Gasteiger partial charge < -0.3 is 0 Å². The molecule has 1 heterocycles. The Kier molecular flexibility index (Phi) is 3.69. The third-order valence-electron chi connectivity index (χ3n) is 2.48. The highest BCUT2D eigenvalue weighted by Crippen LogP contribution is 2.26. The van der Waals surface area contributed by atoms with Gasteiger partial charge in [-0.2, -0.15) is 0 Å². The van der Waals surface area contributed by atoms with E-state index >= 15 is 0 Å². The second-order valence-corrected chi connectivity index (χ2v) is 4.80. The summed E-state index contributed by atoms with van der Waals surface area (Å²) in [5.41, 5.74) is 2.64. The van der Waals surface area contributed by atoms with Crippen LogP contribution in [0.25, 0.3) is 0 Å². The summed E-state index contributed by atoms with van der Waals surface area (Å²) in [6.07, 6.45) is 3.49. The van der Waals surface area contributed by atoms with Crippen molar-refractivity contribution in [3.05, 3.63) is 65.5 Å². The van der Waals surface area contributed by atoms with E-state index in [0.29, 0.717) is 5.56 Å². The van der Waals surface area contributed by atoms with Gasteiger partial charge in [0.2, 0.25) is 0 Å². The minimum absolute atomic E-state index is 0.0537. The molecule has 2 rings (SSSR count). The average Bonchev–Trinajstić information content (AvgIpc) is 2.38. The molecule has 0 aliphatic heterocycles. The predicted octanol–water partition coefficient (Wildman–Crippen LogP) is 3.71. The van der Waals surface area contributed by atoms with Gasteiger partial charge in [-0.15, -0.1) is 0 Å². The first-order valence-electron chi connectivity index (χ1n) is 5.33. The summed E-state index contributed by atoms with van der Waals surface area (Å²) in [4.78, 5) is 15.9. The van der Waals surface area contributed by atoms with E-state index in [2.05, 4.69) is 20.9 Å². The van der Waals surface area contributed by atoms with Crippen LogP contribution in [0.2, 0.25) is 0 Å². The quantitative estimate of drug-likeness (QED) is 0.637. The van der Waals surface area contributed by atoms with E-state index in [-0.39, 0.29) is 10.6 Å². The smallest absolute Gasteiger partial charge is 0.180 e. The number of rotatable bonds is 3. The summed E-state index contributed by atoms with van der Waals surface area (Å²) in [5, 5.41) is 0. The van der Waals surface area contributed by atoms with Crippen LogP contribution in [0.15, 0.2) is 48.8 Å². The van der Waals surface area contributed by atoms with Gasteiger partial charge in [-0.25, -0.2) is 0 Å². The number of aromatic nitrogens is 1. The Morgan fingerprint density at radius 2 is 1.94 bits per heavy atom. The molecule has 1 aromatic carbocycles. The van der Waals surface area contributed by atoms with Crippen molar-refractivity contribution in [2.24, 2.45) is 0 Å². The van der Waals surface area contributed by atoms with Crippen molar-refractivity contribution in [3.8, 4) is 0 Å². The van der Waals surface area contributed by atoms with E-state index in [1.165, 1.54) is 0 Å². The van der Waals surface area contributed by atoms with Crippen LogP contribution in [0.4, 0.5) is 0 Å². The molecule has 0 saturated carbocycles. The van der Waals surface area contributed by atoms with Crippen molar-refractivity contribution in [1.82, 2.24) is 4.98 Å². The van der Waals surface area contributed by atoms with Crippen molar-refractivity contribution in [2.45, 2.75) is 11.8 Å². The van der Waals surface area contributed by atoms with Crippen LogP contribution in [0.3, 0.4) is 0 Å². The lowest BCUT2D eigenvalue weighted by Gasteiger charge is -2.09. The van der Waals surface area contributed by atoms with Gasteiger partial charge in [-0.3, -0.25) is 9.78 Å². The first-order valence-corrected chi connectivity index (χ1v) is 6.25. The molecule has 0 spiro atoms. The highest BCUT2D eigenvalue weighted by Gasteiger charge is 2.18. The Morgan fingerprint density at radius 1 is 1.24 bits per heavy atom. The molecule has 0 aliphatic carbocycles. The molecule has 0 radical (unpaired) electrons. The minimum atomic E-state index is -0.336. The molecule has 0 saturated heterocycles. The molecule has 2 aromatic rings. The first-order chi connectivity index (χ1) is 8.18. The Balaban J connectivity index is 2.27. The number of aryl methyl sites for hydroxylation is 1. The third kappa shape index (κ3) is 2.80. The molecule has 0 fully saturated rings. The zero-order chi connectivity index (χ0) is 12.3. The second kappa shape index (κ2) is 5.23. The Morgan fingerprint density at radius 3 is 2.59 bits per heavy atom. The lowest BCUT2D eigenvalue weighted by atomic mass is 10.0.